The Morgan fingerprint density at radius 3 is 2.41 bits per heavy atom. The number of nitrogens with zero attached hydrogens (tertiary/aromatic N) is 2. The number of carbonyl (C=O) groups excluding carboxylic acids is 3. The molecule has 0 atom stereocenters. The number of benzene rings is 1. The lowest BCUT2D eigenvalue weighted by Crippen LogP contribution is -2.36. The van der Waals surface area contributed by atoms with Crippen LogP contribution in [0.15, 0.2) is 30.4 Å². The van der Waals surface area contributed by atoms with E-state index in [9.17, 15) is 14.4 Å². The molecule has 5 nitrogen and oxygen atoms in total. The number of allylic oxidation sites excluding steroid dienone is 1. The molecule has 1 aromatic carbocycles. The Morgan fingerprint density at radius 1 is 1.18 bits per heavy atom. The zero-order valence-electron chi connectivity index (χ0n) is 11.9. The molecule has 0 N–H and O–H groups in total. The summed E-state index contributed by atoms with van der Waals surface area (Å²) in [6, 6.07) is 3.72. The molecule has 0 saturated carbocycles. The summed E-state index contributed by atoms with van der Waals surface area (Å²) in [7, 11) is 0. The largest absolute Gasteiger partial charge is 0.338 e. The first-order chi connectivity index (χ1) is 10.4. The average molecular weight is 341 g/mol. The first kappa shape index (κ1) is 16.5. The highest BCUT2D eigenvalue weighted by atomic mass is 35.5. The number of rotatable bonds is 4. The van der Waals surface area contributed by atoms with E-state index in [1.807, 2.05) is 13.0 Å². The Labute approximate surface area is 138 Å². The third-order valence-corrected chi connectivity index (χ3v) is 3.50. The van der Waals surface area contributed by atoms with Crippen molar-refractivity contribution in [2.24, 2.45) is 0 Å². The summed E-state index contributed by atoms with van der Waals surface area (Å²) in [5, 5.41) is 0.609. The van der Waals surface area contributed by atoms with E-state index in [1.54, 1.807) is 6.08 Å². The van der Waals surface area contributed by atoms with Crippen LogP contribution in [-0.4, -0.2) is 29.3 Å². The van der Waals surface area contributed by atoms with Gasteiger partial charge in [-0.05, 0) is 24.6 Å². The van der Waals surface area contributed by atoms with Crippen molar-refractivity contribution in [3.05, 3.63) is 40.4 Å². The molecule has 116 valence electrons. The van der Waals surface area contributed by atoms with Crippen LogP contribution in [-0.2, 0) is 9.59 Å². The van der Waals surface area contributed by atoms with Gasteiger partial charge in [0.2, 0.25) is 5.91 Å². The van der Waals surface area contributed by atoms with Crippen LogP contribution in [0.5, 0.6) is 0 Å². The maximum Gasteiger partial charge on any atom is 0.338 e. The number of hydrogen-bond donors (Lipinski definition) is 0. The molecule has 1 saturated heterocycles. The molecule has 0 aliphatic carbocycles. The van der Waals surface area contributed by atoms with Crippen molar-refractivity contribution in [3.8, 4) is 0 Å². The zero-order chi connectivity index (χ0) is 16.3. The van der Waals surface area contributed by atoms with E-state index in [4.69, 9.17) is 23.2 Å². The fraction of sp³-hybridized carbons (Fsp3) is 0.267. The number of carbonyl (C=O) groups is 3. The minimum atomic E-state index is -0.682. The van der Waals surface area contributed by atoms with Gasteiger partial charge in [-0.25, -0.2) is 9.69 Å². The molecular formula is C15H14Cl2N2O3. The third-order valence-electron chi connectivity index (χ3n) is 3.07. The molecule has 0 radical (unpaired) electrons. The van der Waals surface area contributed by atoms with Crippen LogP contribution in [0.1, 0.15) is 19.8 Å². The fourth-order valence-electron chi connectivity index (χ4n) is 2.08. The molecule has 0 aromatic heterocycles. The number of halogens is 2. The third kappa shape index (κ3) is 3.48. The van der Waals surface area contributed by atoms with E-state index in [2.05, 4.69) is 0 Å². The summed E-state index contributed by atoms with van der Waals surface area (Å²) in [6.45, 7) is 1.66. The van der Waals surface area contributed by atoms with Gasteiger partial charge in [-0.15, -0.1) is 0 Å². The van der Waals surface area contributed by atoms with E-state index in [-0.39, 0.29) is 18.7 Å². The number of anilines is 1. The normalized spacial score (nSPS) is 15.2. The molecule has 1 aliphatic heterocycles. The van der Waals surface area contributed by atoms with Gasteiger partial charge in [-0.3, -0.25) is 14.5 Å². The first-order valence-electron chi connectivity index (χ1n) is 6.72. The lowest BCUT2D eigenvalue weighted by molar-refractivity contribution is -0.129. The predicted octanol–water partition coefficient (Wildman–Crippen LogP) is 3.64. The standard InChI is InChI=1S/C15H14Cl2N2O3/c1-2-3-4-5-13(20)18-9-14(21)19(15(18)22)12-7-10(16)6-11(17)8-12/h3-4,6-8H,2,5,9H2,1H3/b4-3+. The highest BCUT2D eigenvalue weighted by Gasteiger charge is 2.40. The molecule has 2 rings (SSSR count). The minimum Gasteiger partial charge on any atom is -0.274 e. The van der Waals surface area contributed by atoms with Crippen LogP contribution in [0, 0.1) is 0 Å². The van der Waals surface area contributed by atoms with Crippen molar-refractivity contribution < 1.29 is 14.4 Å². The summed E-state index contributed by atoms with van der Waals surface area (Å²) >= 11 is 11.8. The summed E-state index contributed by atoms with van der Waals surface area (Å²) in [4.78, 5) is 38.2. The van der Waals surface area contributed by atoms with Gasteiger partial charge in [0.25, 0.3) is 5.91 Å². The average Bonchev–Trinajstić information content (AvgIpc) is 2.73. The zero-order valence-corrected chi connectivity index (χ0v) is 13.4. The summed E-state index contributed by atoms with van der Waals surface area (Å²) in [6.07, 6.45) is 4.39. The van der Waals surface area contributed by atoms with E-state index < -0.39 is 17.8 Å². The first-order valence-corrected chi connectivity index (χ1v) is 7.48. The number of urea groups is 1. The molecule has 1 aromatic rings. The smallest absolute Gasteiger partial charge is 0.274 e. The van der Waals surface area contributed by atoms with E-state index >= 15 is 0 Å². The molecule has 0 unspecified atom stereocenters. The number of amides is 4. The Hall–Kier alpha value is -1.85. The number of hydrogen-bond acceptors (Lipinski definition) is 3. The quantitative estimate of drug-likeness (QED) is 0.620. The van der Waals surface area contributed by atoms with Gasteiger partial charge in [0.15, 0.2) is 0 Å². The lowest BCUT2D eigenvalue weighted by atomic mass is 10.3. The minimum absolute atomic E-state index is 0.0804. The highest BCUT2D eigenvalue weighted by molar-refractivity contribution is 6.35. The van der Waals surface area contributed by atoms with Crippen LogP contribution < -0.4 is 4.90 Å². The predicted molar refractivity (Wildman–Crippen MR) is 85.1 cm³/mol. The molecule has 1 fully saturated rings. The highest BCUT2D eigenvalue weighted by Crippen LogP contribution is 2.28. The van der Waals surface area contributed by atoms with E-state index in [0.29, 0.717) is 10.0 Å². The van der Waals surface area contributed by atoms with Crippen molar-refractivity contribution in [2.45, 2.75) is 19.8 Å². The van der Waals surface area contributed by atoms with Crippen LogP contribution in [0.2, 0.25) is 10.0 Å². The van der Waals surface area contributed by atoms with Crippen molar-refractivity contribution in [1.29, 1.82) is 0 Å². The molecule has 22 heavy (non-hydrogen) atoms. The molecule has 0 bridgehead atoms. The Balaban J connectivity index is 2.21. The fourth-order valence-corrected chi connectivity index (χ4v) is 2.59. The van der Waals surface area contributed by atoms with Crippen molar-refractivity contribution in [1.82, 2.24) is 4.90 Å². The Kier molecular flexibility index (Phi) is 5.21. The van der Waals surface area contributed by atoms with Crippen molar-refractivity contribution in [3.63, 3.8) is 0 Å². The summed E-state index contributed by atoms with van der Waals surface area (Å²) in [5.74, 6) is -0.908. The topological polar surface area (TPSA) is 57.7 Å². The van der Waals surface area contributed by atoms with Gasteiger partial charge in [-0.1, -0.05) is 42.3 Å². The van der Waals surface area contributed by atoms with Gasteiger partial charge >= 0.3 is 6.03 Å². The van der Waals surface area contributed by atoms with Crippen molar-refractivity contribution >= 4 is 46.7 Å². The molecule has 7 heteroatoms. The molecule has 0 spiro atoms. The maximum absolute atomic E-state index is 12.3. The van der Waals surface area contributed by atoms with Crippen LogP contribution >= 0.6 is 23.2 Å². The lowest BCUT2D eigenvalue weighted by Gasteiger charge is -2.16. The maximum atomic E-state index is 12.3. The van der Waals surface area contributed by atoms with E-state index in [0.717, 1.165) is 16.2 Å². The van der Waals surface area contributed by atoms with Crippen molar-refractivity contribution in [2.75, 3.05) is 11.4 Å². The van der Waals surface area contributed by atoms with Gasteiger partial charge in [0, 0.05) is 16.5 Å². The van der Waals surface area contributed by atoms with Crippen LogP contribution in [0.4, 0.5) is 10.5 Å². The van der Waals surface area contributed by atoms with Crippen LogP contribution in [0.25, 0.3) is 0 Å². The molecular weight excluding hydrogens is 327 g/mol. The second-order valence-electron chi connectivity index (χ2n) is 4.70. The second kappa shape index (κ2) is 6.94. The second-order valence-corrected chi connectivity index (χ2v) is 5.58. The Morgan fingerprint density at radius 2 is 1.82 bits per heavy atom. The summed E-state index contributed by atoms with van der Waals surface area (Å²) in [5.41, 5.74) is 0.256. The number of imide groups is 2. The molecule has 1 heterocycles. The molecule has 1 aliphatic rings. The van der Waals surface area contributed by atoms with Gasteiger partial charge in [0.1, 0.15) is 6.54 Å². The van der Waals surface area contributed by atoms with Gasteiger partial charge in [-0.2, -0.15) is 0 Å². The Bertz CT molecular complexity index is 638. The molecule has 4 amide bonds. The van der Waals surface area contributed by atoms with Crippen LogP contribution in [0.3, 0.4) is 0 Å². The SMILES string of the molecule is CC/C=C/CC(=O)N1CC(=O)N(c2cc(Cl)cc(Cl)c2)C1=O. The van der Waals surface area contributed by atoms with Gasteiger partial charge in [0.05, 0.1) is 5.69 Å². The van der Waals surface area contributed by atoms with E-state index in [1.165, 1.54) is 18.2 Å². The monoisotopic (exact) mass is 340 g/mol. The van der Waals surface area contributed by atoms with Gasteiger partial charge < -0.3 is 0 Å². The summed E-state index contributed by atoms with van der Waals surface area (Å²) < 4.78 is 0.